The molecular weight excluding hydrogens is 319 g/mol. The summed E-state index contributed by atoms with van der Waals surface area (Å²) in [6.07, 6.45) is 2.01. The van der Waals surface area contributed by atoms with Crippen molar-refractivity contribution >= 4 is 0 Å². The van der Waals surface area contributed by atoms with Crippen LogP contribution in [0.15, 0.2) is 42.5 Å². The normalized spacial score (nSPS) is 23.9. The van der Waals surface area contributed by atoms with Gasteiger partial charge in [-0.1, -0.05) is 24.3 Å². The van der Waals surface area contributed by atoms with Gasteiger partial charge in [0, 0.05) is 18.6 Å². The van der Waals surface area contributed by atoms with Crippen LogP contribution in [0.25, 0.3) is 11.3 Å². The number of halogens is 1. The molecule has 0 N–H and O–H groups in total. The maximum Gasteiger partial charge on any atom is 0.132 e. The minimum Gasteiger partial charge on any atom is -0.382 e. The maximum atomic E-state index is 14.1. The molecular formula is C20H21FN2O2. The molecule has 2 aliphatic rings. The monoisotopic (exact) mass is 340 g/mol. The van der Waals surface area contributed by atoms with Gasteiger partial charge in [-0.3, -0.25) is 0 Å². The third kappa shape index (κ3) is 2.50. The summed E-state index contributed by atoms with van der Waals surface area (Å²) in [4.78, 5) is 0. The molecule has 4 nitrogen and oxygen atoms in total. The van der Waals surface area contributed by atoms with Gasteiger partial charge >= 0.3 is 0 Å². The van der Waals surface area contributed by atoms with Crippen molar-refractivity contribution in [3.05, 3.63) is 59.6 Å². The highest BCUT2D eigenvalue weighted by atomic mass is 19.1. The number of aromatic nitrogens is 2. The van der Waals surface area contributed by atoms with Crippen molar-refractivity contribution in [3.8, 4) is 11.3 Å². The summed E-state index contributed by atoms with van der Waals surface area (Å²) >= 11 is 0. The first kappa shape index (κ1) is 16.4. The molecule has 0 saturated heterocycles. The molecule has 0 radical (unpaired) electrons. The van der Waals surface area contributed by atoms with Gasteiger partial charge in [0.1, 0.15) is 5.82 Å². The lowest BCUT2D eigenvalue weighted by molar-refractivity contribution is 0.0489. The predicted octanol–water partition coefficient (Wildman–Crippen LogP) is 3.63. The van der Waals surface area contributed by atoms with Crippen molar-refractivity contribution in [2.75, 3.05) is 26.9 Å². The van der Waals surface area contributed by atoms with Crippen LogP contribution in [0.5, 0.6) is 0 Å². The zero-order chi connectivity index (χ0) is 17.4. The molecule has 1 aromatic carbocycles. The van der Waals surface area contributed by atoms with Crippen molar-refractivity contribution < 1.29 is 13.9 Å². The number of hydrogen-bond acceptors (Lipinski definition) is 4. The minimum absolute atomic E-state index is 0.255. The molecule has 1 saturated carbocycles. The zero-order valence-electron chi connectivity index (χ0n) is 14.3. The van der Waals surface area contributed by atoms with E-state index in [1.165, 1.54) is 6.07 Å². The Morgan fingerprint density at radius 2 is 2.12 bits per heavy atom. The van der Waals surface area contributed by atoms with Crippen LogP contribution in [-0.2, 0) is 14.9 Å². The van der Waals surface area contributed by atoms with Crippen LogP contribution in [0.2, 0.25) is 0 Å². The fraction of sp³-hybridized carbons (Fsp3) is 0.400. The fourth-order valence-corrected chi connectivity index (χ4v) is 4.14. The van der Waals surface area contributed by atoms with Gasteiger partial charge in [-0.15, -0.1) is 0 Å². The predicted molar refractivity (Wildman–Crippen MR) is 92.9 cm³/mol. The standard InChI is InChI=1S/C20H21FN2O2/c1-13-14-7-8-20(13,12-25-10-9-24-2)19-16(14)11-18(22-23-19)15-5-3-4-6-17(15)21/h3-6,11,14H,1,7-10,12H2,2H3/t14-,20-/m0/s1. The van der Waals surface area contributed by atoms with E-state index in [4.69, 9.17) is 9.47 Å². The zero-order valence-corrected chi connectivity index (χ0v) is 14.3. The molecule has 0 spiro atoms. The minimum atomic E-state index is -0.281. The third-order valence-corrected chi connectivity index (χ3v) is 5.48. The number of rotatable bonds is 6. The Labute approximate surface area is 146 Å². The second-order valence-corrected chi connectivity index (χ2v) is 6.76. The van der Waals surface area contributed by atoms with Gasteiger partial charge in [0.25, 0.3) is 0 Å². The van der Waals surface area contributed by atoms with E-state index in [2.05, 4.69) is 16.8 Å². The molecule has 1 fully saturated rings. The molecule has 2 atom stereocenters. The first-order valence-electron chi connectivity index (χ1n) is 8.56. The topological polar surface area (TPSA) is 44.2 Å². The van der Waals surface area contributed by atoms with E-state index in [0.29, 0.717) is 31.1 Å². The van der Waals surface area contributed by atoms with E-state index in [9.17, 15) is 4.39 Å². The van der Waals surface area contributed by atoms with Crippen LogP contribution in [0, 0.1) is 5.82 Å². The van der Waals surface area contributed by atoms with Crippen molar-refractivity contribution in [1.82, 2.24) is 10.2 Å². The first-order chi connectivity index (χ1) is 12.2. The Balaban J connectivity index is 1.68. The van der Waals surface area contributed by atoms with E-state index >= 15 is 0 Å². The first-order valence-corrected chi connectivity index (χ1v) is 8.56. The van der Waals surface area contributed by atoms with E-state index in [0.717, 1.165) is 29.7 Å². The molecule has 2 aromatic rings. The average Bonchev–Trinajstić information content (AvgIpc) is 3.07. The van der Waals surface area contributed by atoms with Crippen LogP contribution in [0.3, 0.4) is 0 Å². The number of fused-ring (bicyclic) bond motifs is 5. The molecule has 25 heavy (non-hydrogen) atoms. The molecule has 5 heteroatoms. The van der Waals surface area contributed by atoms with Crippen molar-refractivity contribution in [3.63, 3.8) is 0 Å². The van der Waals surface area contributed by atoms with E-state index < -0.39 is 0 Å². The number of ether oxygens (including phenoxy) is 2. The van der Waals surface area contributed by atoms with Crippen molar-refractivity contribution in [1.29, 1.82) is 0 Å². The lowest BCUT2D eigenvalue weighted by atomic mass is 9.82. The summed E-state index contributed by atoms with van der Waals surface area (Å²) in [6.45, 7) is 5.99. The third-order valence-electron chi connectivity index (χ3n) is 5.48. The number of methoxy groups -OCH3 is 1. The highest BCUT2D eigenvalue weighted by Crippen LogP contribution is 2.59. The van der Waals surface area contributed by atoms with Gasteiger partial charge < -0.3 is 9.47 Å². The molecule has 0 unspecified atom stereocenters. The van der Waals surface area contributed by atoms with Crippen LogP contribution in [0.4, 0.5) is 4.39 Å². The summed E-state index contributed by atoms with van der Waals surface area (Å²) in [7, 11) is 1.66. The fourth-order valence-electron chi connectivity index (χ4n) is 4.14. The lowest BCUT2D eigenvalue weighted by Crippen LogP contribution is -2.31. The largest absolute Gasteiger partial charge is 0.382 e. The molecule has 1 heterocycles. The number of hydrogen-bond donors (Lipinski definition) is 0. The Hall–Kier alpha value is -2.11. The Morgan fingerprint density at radius 3 is 2.92 bits per heavy atom. The highest BCUT2D eigenvalue weighted by Gasteiger charge is 2.54. The van der Waals surface area contributed by atoms with E-state index in [1.807, 2.05) is 12.1 Å². The molecule has 130 valence electrons. The van der Waals surface area contributed by atoms with Gasteiger partial charge in [0.2, 0.25) is 0 Å². The summed E-state index contributed by atoms with van der Waals surface area (Å²) in [5, 5.41) is 8.80. The van der Waals surface area contributed by atoms with Gasteiger partial charge in [0.05, 0.1) is 36.6 Å². The molecule has 2 bridgehead atoms. The van der Waals surface area contributed by atoms with Crippen molar-refractivity contribution in [2.45, 2.75) is 24.2 Å². The van der Waals surface area contributed by atoms with Gasteiger partial charge in [-0.25, -0.2) is 4.39 Å². The second kappa shape index (κ2) is 6.32. The van der Waals surface area contributed by atoms with Crippen LogP contribution in [-0.4, -0.2) is 37.1 Å². The van der Waals surface area contributed by atoms with Gasteiger partial charge in [-0.2, -0.15) is 10.2 Å². The summed E-state index contributed by atoms with van der Waals surface area (Å²) in [5.41, 5.74) is 4.03. The quantitative estimate of drug-likeness (QED) is 0.595. The van der Waals surface area contributed by atoms with E-state index in [-0.39, 0.29) is 17.2 Å². The maximum absolute atomic E-state index is 14.1. The van der Waals surface area contributed by atoms with Gasteiger partial charge in [-0.05, 0) is 36.6 Å². The molecule has 2 aliphatic carbocycles. The molecule has 0 aliphatic heterocycles. The molecule has 1 aromatic heterocycles. The smallest absolute Gasteiger partial charge is 0.132 e. The molecule has 4 rings (SSSR count). The number of benzene rings is 1. The van der Waals surface area contributed by atoms with Crippen LogP contribution >= 0.6 is 0 Å². The van der Waals surface area contributed by atoms with Crippen LogP contribution < -0.4 is 0 Å². The highest BCUT2D eigenvalue weighted by molar-refractivity contribution is 5.64. The number of nitrogens with zero attached hydrogens (tertiary/aromatic N) is 2. The average molecular weight is 340 g/mol. The second-order valence-electron chi connectivity index (χ2n) is 6.76. The lowest BCUT2D eigenvalue weighted by Gasteiger charge is -2.27. The Kier molecular flexibility index (Phi) is 4.13. The van der Waals surface area contributed by atoms with Crippen molar-refractivity contribution in [2.24, 2.45) is 0 Å². The summed E-state index contributed by atoms with van der Waals surface area (Å²) in [5.74, 6) is -0.0154. The molecule has 0 amide bonds. The Morgan fingerprint density at radius 1 is 1.28 bits per heavy atom. The van der Waals surface area contributed by atoms with Gasteiger partial charge in [0.15, 0.2) is 0 Å². The Bertz CT molecular complexity index is 823. The SMILES string of the molecule is C=C1[C@@H]2CC[C@@]1(COCCOC)c1nnc(-c3ccccc3F)cc12. The summed E-state index contributed by atoms with van der Waals surface area (Å²) in [6, 6.07) is 8.64. The summed E-state index contributed by atoms with van der Waals surface area (Å²) < 4.78 is 25.0. The van der Waals surface area contributed by atoms with E-state index in [1.54, 1.807) is 19.2 Å². The van der Waals surface area contributed by atoms with Crippen LogP contribution in [0.1, 0.15) is 30.0 Å².